The zero-order valence-corrected chi connectivity index (χ0v) is 17.9. The van der Waals surface area contributed by atoms with Crippen LogP contribution in [-0.4, -0.2) is 37.3 Å². The fourth-order valence-electron chi connectivity index (χ4n) is 3.32. The van der Waals surface area contributed by atoms with Gasteiger partial charge >= 0.3 is 11.9 Å². The van der Waals surface area contributed by atoms with Gasteiger partial charge in [-0.25, -0.2) is 9.59 Å². The van der Waals surface area contributed by atoms with Crippen LogP contribution in [0.4, 0.5) is 0 Å². The fraction of sp³-hybridized carbons (Fsp3) is 0.348. The van der Waals surface area contributed by atoms with Crippen molar-refractivity contribution in [2.45, 2.75) is 33.4 Å². The van der Waals surface area contributed by atoms with Gasteiger partial charge in [-0.1, -0.05) is 12.1 Å². The van der Waals surface area contributed by atoms with Crippen LogP contribution in [0.3, 0.4) is 0 Å². The second-order valence-electron chi connectivity index (χ2n) is 6.94. The smallest absolute Gasteiger partial charge is 0.349 e. The fourth-order valence-corrected chi connectivity index (χ4v) is 3.32. The van der Waals surface area contributed by atoms with Gasteiger partial charge in [0.1, 0.15) is 18.2 Å². The topological polar surface area (TPSA) is 90.5 Å². The molecule has 0 N–H and O–H groups in total. The van der Waals surface area contributed by atoms with Crippen LogP contribution in [0.25, 0.3) is 6.08 Å². The van der Waals surface area contributed by atoms with E-state index in [4.69, 9.17) is 9.47 Å². The maximum absolute atomic E-state index is 12.4. The van der Waals surface area contributed by atoms with E-state index in [0.717, 1.165) is 17.0 Å². The molecule has 1 aromatic heterocycles. The minimum Gasteiger partial charge on any atom is -0.465 e. The summed E-state index contributed by atoms with van der Waals surface area (Å²) in [6.45, 7) is 6.50. The lowest BCUT2D eigenvalue weighted by Gasteiger charge is -2.17. The maximum atomic E-state index is 12.4. The van der Waals surface area contributed by atoms with Gasteiger partial charge in [0, 0.05) is 18.5 Å². The molecule has 0 spiro atoms. The molecule has 1 atom stereocenters. The Kier molecular flexibility index (Phi) is 7.96. The first-order chi connectivity index (χ1) is 14.3. The number of aromatic nitrogens is 1. The Morgan fingerprint density at radius 3 is 2.43 bits per heavy atom. The molecule has 0 saturated heterocycles. The zero-order chi connectivity index (χ0) is 22.3. The van der Waals surface area contributed by atoms with Gasteiger partial charge in [-0.05, 0) is 56.2 Å². The molecule has 0 aliphatic carbocycles. The van der Waals surface area contributed by atoms with Gasteiger partial charge in [0.2, 0.25) is 0 Å². The summed E-state index contributed by atoms with van der Waals surface area (Å²) in [6.07, 6.45) is 1.54. The number of nitriles is 1. The molecule has 1 aromatic carbocycles. The standard InChI is InChI=1S/C23H26N2O5/c1-15-10-20(17(3)25(15)16(2)13-28-4)11-21(12-24)23(27)30-14-18-6-8-19(9-7-18)22(26)29-5/h6-11,16H,13-14H2,1-5H3/b21-11+/t16-/m1/s1. The predicted molar refractivity (Wildman–Crippen MR) is 112 cm³/mol. The molecule has 7 nitrogen and oxygen atoms in total. The van der Waals surface area contributed by atoms with Crippen LogP contribution in [0.5, 0.6) is 0 Å². The van der Waals surface area contributed by atoms with E-state index in [1.165, 1.54) is 7.11 Å². The second kappa shape index (κ2) is 10.4. The van der Waals surface area contributed by atoms with Crippen molar-refractivity contribution in [1.29, 1.82) is 5.26 Å². The number of carbonyl (C=O) groups excluding carboxylic acids is 2. The number of rotatable bonds is 8. The molecule has 0 aliphatic heterocycles. The average Bonchev–Trinajstić information content (AvgIpc) is 3.03. The van der Waals surface area contributed by atoms with Crippen molar-refractivity contribution in [3.05, 3.63) is 64.0 Å². The molecule has 0 unspecified atom stereocenters. The Balaban J connectivity index is 2.13. The Hall–Kier alpha value is -3.37. The van der Waals surface area contributed by atoms with E-state index < -0.39 is 11.9 Å². The van der Waals surface area contributed by atoms with E-state index in [0.29, 0.717) is 17.7 Å². The highest BCUT2D eigenvalue weighted by molar-refractivity contribution is 5.98. The summed E-state index contributed by atoms with van der Waals surface area (Å²) < 4.78 is 17.3. The molecule has 7 heteroatoms. The first-order valence-electron chi connectivity index (χ1n) is 9.45. The van der Waals surface area contributed by atoms with Gasteiger partial charge in [-0.15, -0.1) is 0 Å². The summed E-state index contributed by atoms with van der Waals surface area (Å²) in [5, 5.41) is 9.44. The predicted octanol–water partition coefficient (Wildman–Crippen LogP) is 3.75. The molecule has 0 saturated carbocycles. The number of hydrogen-bond acceptors (Lipinski definition) is 6. The van der Waals surface area contributed by atoms with Crippen molar-refractivity contribution >= 4 is 18.0 Å². The quantitative estimate of drug-likeness (QED) is 0.374. The number of hydrogen-bond donors (Lipinski definition) is 0. The van der Waals surface area contributed by atoms with Crippen LogP contribution in [0.2, 0.25) is 0 Å². The molecule has 30 heavy (non-hydrogen) atoms. The Morgan fingerprint density at radius 2 is 1.87 bits per heavy atom. The lowest BCUT2D eigenvalue weighted by atomic mass is 10.1. The van der Waals surface area contributed by atoms with Gasteiger partial charge in [0.05, 0.1) is 25.3 Å². The molecule has 158 valence electrons. The molecular weight excluding hydrogens is 384 g/mol. The van der Waals surface area contributed by atoms with Gasteiger partial charge in [-0.2, -0.15) is 5.26 Å². The summed E-state index contributed by atoms with van der Waals surface area (Å²) in [5.74, 6) is -1.14. The molecule has 0 aliphatic rings. The third-order valence-corrected chi connectivity index (χ3v) is 4.76. The normalized spacial score (nSPS) is 12.2. The lowest BCUT2D eigenvalue weighted by Crippen LogP contribution is -2.13. The lowest BCUT2D eigenvalue weighted by molar-refractivity contribution is -0.139. The molecule has 2 rings (SSSR count). The van der Waals surface area contributed by atoms with Crippen molar-refractivity contribution < 1.29 is 23.8 Å². The third kappa shape index (κ3) is 5.37. The SMILES string of the molecule is COC[C@@H](C)n1c(C)cc(/C=C(\C#N)C(=O)OCc2ccc(C(=O)OC)cc2)c1C. The molecule has 0 radical (unpaired) electrons. The van der Waals surface area contributed by atoms with E-state index in [1.807, 2.05) is 32.9 Å². The average molecular weight is 410 g/mol. The summed E-state index contributed by atoms with van der Waals surface area (Å²) in [6, 6.07) is 10.5. The van der Waals surface area contributed by atoms with Crippen LogP contribution < -0.4 is 0 Å². The molecule has 0 amide bonds. The number of carbonyl (C=O) groups is 2. The highest BCUT2D eigenvalue weighted by Crippen LogP contribution is 2.23. The van der Waals surface area contributed by atoms with Crippen molar-refractivity contribution in [3.8, 4) is 6.07 Å². The summed E-state index contributed by atoms with van der Waals surface area (Å²) in [4.78, 5) is 23.9. The van der Waals surface area contributed by atoms with Crippen molar-refractivity contribution in [1.82, 2.24) is 4.57 Å². The zero-order valence-electron chi connectivity index (χ0n) is 17.9. The van der Waals surface area contributed by atoms with Crippen LogP contribution >= 0.6 is 0 Å². The van der Waals surface area contributed by atoms with E-state index in [-0.39, 0.29) is 18.2 Å². The van der Waals surface area contributed by atoms with E-state index in [2.05, 4.69) is 9.30 Å². The molecule has 2 aromatic rings. The maximum Gasteiger partial charge on any atom is 0.349 e. The Bertz CT molecular complexity index is 980. The number of nitrogens with zero attached hydrogens (tertiary/aromatic N) is 2. The van der Waals surface area contributed by atoms with E-state index in [9.17, 15) is 14.9 Å². The molecule has 0 fully saturated rings. The second-order valence-corrected chi connectivity index (χ2v) is 6.94. The highest BCUT2D eigenvalue weighted by Gasteiger charge is 2.16. The number of ether oxygens (including phenoxy) is 3. The van der Waals surface area contributed by atoms with Crippen LogP contribution in [0, 0.1) is 25.2 Å². The van der Waals surface area contributed by atoms with Crippen LogP contribution in [0.15, 0.2) is 35.9 Å². The number of esters is 2. The minimum absolute atomic E-state index is 0.0107. The summed E-state index contributed by atoms with van der Waals surface area (Å²) in [7, 11) is 2.96. The van der Waals surface area contributed by atoms with Gasteiger partial charge in [0.15, 0.2) is 0 Å². The Labute approximate surface area is 176 Å². The van der Waals surface area contributed by atoms with Crippen molar-refractivity contribution in [3.63, 3.8) is 0 Å². The first kappa shape index (κ1) is 22.9. The summed E-state index contributed by atoms with van der Waals surface area (Å²) >= 11 is 0. The van der Waals surface area contributed by atoms with Crippen LogP contribution in [-0.2, 0) is 25.6 Å². The highest BCUT2D eigenvalue weighted by atomic mass is 16.5. The van der Waals surface area contributed by atoms with Crippen molar-refractivity contribution in [2.24, 2.45) is 0 Å². The minimum atomic E-state index is -0.704. The monoisotopic (exact) mass is 410 g/mol. The largest absolute Gasteiger partial charge is 0.465 e. The Morgan fingerprint density at radius 1 is 1.20 bits per heavy atom. The van der Waals surface area contributed by atoms with Gasteiger partial charge in [0.25, 0.3) is 0 Å². The third-order valence-electron chi connectivity index (χ3n) is 4.76. The number of benzene rings is 1. The van der Waals surface area contributed by atoms with E-state index >= 15 is 0 Å². The van der Waals surface area contributed by atoms with Gasteiger partial charge < -0.3 is 18.8 Å². The van der Waals surface area contributed by atoms with Crippen molar-refractivity contribution in [2.75, 3.05) is 20.8 Å². The van der Waals surface area contributed by atoms with E-state index in [1.54, 1.807) is 37.5 Å². The molecule has 0 bridgehead atoms. The molecular formula is C23H26N2O5. The van der Waals surface area contributed by atoms with Crippen LogP contribution in [0.1, 0.15) is 45.8 Å². The molecule has 1 heterocycles. The number of aryl methyl sites for hydroxylation is 1. The summed E-state index contributed by atoms with van der Waals surface area (Å²) in [5.41, 5.74) is 3.76. The van der Waals surface area contributed by atoms with Gasteiger partial charge in [-0.3, -0.25) is 0 Å². The first-order valence-corrected chi connectivity index (χ1v) is 9.45. The number of methoxy groups -OCH3 is 2.